The molecule has 0 saturated carbocycles. The van der Waals surface area contributed by atoms with Gasteiger partial charge in [-0.25, -0.2) is 0 Å². The Balaban J connectivity index is 3.30. The van der Waals surface area contributed by atoms with Gasteiger partial charge in [0, 0.05) is 0 Å². The monoisotopic (exact) mass is 182 g/mol. The molecule has 0 radical (unpaired) electrons. The minimum absolute atomic E-state index is 0.205. The first kappa shape index (κ1) is 12.5. The van der Waals surface area contributed by atoms with Crippen molar-refractivity contribution in [3.63, 3.8) is 0 Å². The van der Waals surface area contributed by atoms with Gasteiger partial charge in [0.05, 0.1) is 6.04 Å². The van der Waals surface area contributed by atoms with Gasteiger partial charge in [0.2, 0.25) is 0 Å². The van der Waals surface area contributed by atoms with Crippen molar-refractivity contribution in [3.8, 4) is 12.3 Å². The molecule has 0 spiro atoms. The van der Waals surface area contributed by atoms with E-state index in [1.54, 1.807) is 0 Å². The van der Waals surface area contributed by atoms with Crippen molar-refractivity contribution in [2.45, 2.75) is 33.2 Å². The maximum atomic E-state index is 5.24. The fraction of sp³-hybridized carbons (Fsp3) is 0.818. The molecule has 0 aliphatic carbocycles. The van der Waals surface area contributed by atoms with Gasteiger partial charge in [0.1, 0.15) is 0 Å². The van der Waals surface area contributed by atoms with Gasteiger partial charge in [0.15, 0.2) is 0 Å². The van der Waals surface area contributed by atoms with E-state index >= 15 is 0 Å². The molecule has 0 aromatic heterocycles. The molecule has 0 fully saturated rings. The molecule has 0 rings (SSSR count). The third-order valence-corrected chi connectivity index (χ3v) is 2.25. The quantitative estimate of drug-likeness (QED) is 0.472. The van der Waals surface area contributed by atoms with Crippen molar-refractivity contribution in [1.29, 1.82) is 0 Å². The lowest BCUT2D eigenvalue weighted by molar-refractivity contribution is 0.297. The number of hydrogen-bond donors (Lipinski definition) is 1. The van der Waals surface area contributed by atoms with Gasteiger partial charge in [-0.05, 0) is 39.5 Å². The smallest absolute Gasteiger partial charge is 0.0658 e. The average molecular weight is 182 g/mol. The second-order valence-electron chi connectivity index (χ2n) is 3.22. The Kier molecular flexibility index (Phi) is 7.77. The Morgan fingerprint density at radius 3 is 2.46 bits per heavy atom. The summed E-state index contributed by atoms with van der Waals surface area (Å²) in [5, 5.41) is 3.27. The van der Waals surface area contributed by atoms with E-state index in [4.69, 9.17) is 6.42 Å². The fourth-order valence-electron chi connectivity index (χ4n) is 1.22. The van der Waals surface area contributed by atoms with Crippen LogP contribution in [0.1, 0.15) is 27.2 Å². The van der Waals surface area contributed by atoms with Gasteiger partial charge in [-0.3, -0.25) is 0 Å². The molecular formula is C11H22N2. The Morgan fingerprint density at radius 2 is 2.00 bits per heavy atom. The third kappa shape index (κ3) is 6.62. The lowest BCUT2D eigenvalue weighted by Gasteiger charge is -2.18. The zero-order valence-corrected chi connectivity index (χ0v) is 9.14. The van der Waals surface area contributed by atoms with Crippen LogP contribution in [0.2, 0.25) is 0 Å². The molecule has 0 heterocycles. The Hall–Kier alpha value is -0.520. The van der Waals surface area contributed by atoms with Gasteiger partial charge in [-0.15, -0.1) is 6.42 Å². The summed E-state index contributed by atoms with van der Waals surface area (Å²) in [6.07, 6.45) is 6.42. The number of nitrogens with one attached hydrogen (secondary N) is 1. The zero-order chi connectivity index (χ0) is 10.1. The van der Waals surface area contributed by atoms with Crippen molar-refractivity contribution in [1.82, 2.24) is 10.2 Å². The highest BCUT2D eigenvalue weighted by Crippen LogP contribution is 1.89. The standard InChI is InChI=1S/C11H22N2/c1-5-11(4)12-9-8-10-13(6-2)7-3/h1,11-12H,6-10H2,2-4H3. The predicted octanol–water partition coefficient (Wildman–Crippen LogP) is 1.33. The number of rotatable bonds is 7. The molecule has 76 valence electrons. The van der Waals surface area contributed by atoms with E-state index in [1.165, 1.54) is 6.42 Å². The van der Waals surface area contributed by atoms with Gasteiger partial charge < -0.3 is 10.2 Å². The van der Waals surface area contributed by atoms with Crippen LogP contribution in [0.3, 0.4) is 0 Å². The van der Waals surface area contributed by atoms with Crippen LogP contribution < -0.4 is 5.32 Å². The second-order valence-corrected chi connectivity index (χ2v) is 3.22. The van der Waals surface area contributed by atoms with Crippen LogP contribution in [0, 0.1) is 12.3 Å². The van der Waals surface area contributed by atoms with Gasteiger partial charge in [-0.1, -0.05) is 19.8 Å². The third-order valence-electron chi connectivity index (χ3n) is 2.25. The second kappa shape index (κ2) is 8.10. The van der Waals surface area contributed by atoms with Crippen LogP contribution in [0.15, 0.2) is 0 Å². The van der Waals surface area contributed by atoms with Crippen LogP contribution in [-0.4, -0.2) is 37.1 Å². The van der Waals surface area contributed by atoms with Gasteiger partial charge in [0.25, 0.3) is 0 Å². The summed E-state index contributed by atoms with van der Waals surface area (Å²) in [5.41, 5.74) is 0. The van der Waals surface area contributed by atoms with E-state index in [-0.39, 0.29) is 6.04 Å². The molecule has 0 aromatic carbocycles. The highest BCUT2D eigenvalue weighted by molar-refractivity contribution is 4.95. The topological polar surface area (TPSA) is 15.3 Å². The van der Waals surface area contributed by atoms with Crippen LogP contribution >= 0.6 is 0 Å². The molecule has 2 heteroatoms. The minimum Gasteiger partial charge on any atom is -0.304 e. The van der Waals surface area contributed by atoms with Crippen molar-refractivity contribution in [2.75, 3.05) is 26.2 Å². The van der Waals surface area contributed by atoms with Crippen LogP contribution in [0.5, 0.6) is 0 Å². The molecule has 0 aromatic rings. The molecule has 13 heavy (non-hydrogen) atoms. The summed E-state index contributed by atoms with van der Waals surface area (Å²) in [5.74, 6) is 2.66. The van der Waals surface area contributed by atoms with E-state index < -0.39 is 0 Å². The fourth-order valence-corrected chi connectivity index (χ4v) is 1.22. The highest BCUT2D eigenvalue weighted by atomic mass is 15.1. The molecular weight excluding hydrogens is 160 g/mol. The van der Waals surface area contributed by atoms with Crippen molar-refractivity contribution in [2.24, 2.45) is 0 Å². The van der Waals surface area contributed by atoms with E-state index in [9.17, 15) is 0 Å². The largest absolute Gasteiger partial charge is 0.304 e. The van der Waals surface area contributed by atoms with Crippen molar-refractivity contribution in [3.05, 3.63) is 0 Å². The Bertz CT molecular complexity index is 145. The maximum Gasteiger partial charge on any atom is 0.0658 e. The molecule has 0 bridgehead atoms. The molecule has 0 amide bonds. The summed E-state index contributed by atoms with van der Waals surface area (Å²) in [6, 6.07) is 0.205. The van der Waals surface area contributed by atoms with E-state index in [0.717, 1.165) is 26.2 Å². The molecule has 1 unspecified atom stereocenters. The SMILES string of the molecule is C#CC(C)NCCCN(CC)CC. The average Bonchev–Trinajstić information content (AvgIpc) is 2.18. The first-order valence-electron chi connectivity index (χ1n) is 5.16. The molecule has 1 atom stereocenters. The van der Waals surface area contributed by atoms with E-state index in [0.29, 0.717) is 0 Å². The maximum absolute atomic E-state index is 5.24. The highest BCUT2D eigenvalue weighted by Gasteiger charge is 1.98. The number of terminal acetylenes is 1. The van der Waals surface area contributed by atoms with Crippen molar-refractivity contribution >= 4 is 0 Å². The molecule has 0 aliphatic rings. The van der Waals surface area contributed by atoms with Crippen LogP contribution in [0.4, 0.5) is 0 Å². The zero-order valence-electron chi connectivity index (χ0n) is 9.14. The lowest BCUT2D eigenvalue weighted by Crippen LogP contribution is -2.30. The van der Waals surface area contributed by atoms with Gasteiger partial charge >= 0.3 is 0 Å². The lowest BCUT2D eigenvalue weighted by atomic mass is 10.3. The molecule has 1 N–H and O–H groups in total. The summed E-state index contributed by atoms with van der Waals surface area (Å²) in [4.78, 5) is 2.42. The minimum atomic E-state index is 0.205. The molecule has 0 saturated heterocycles. The summed E-state index contributed by atoms with van der Waals surface area (Å²) >= 11 is 0. The Morgan fingerprint density at radius 1 is 1.38 bits per heavy atom. The van der Waals surface area contributed by atoms with E-state index in [2.05, 4.69) is 30.0 Å². The number of nitrogens with zero attached hydrogens (tertiary/aromatic N) is 1. The summed E-state index contributed by atoms with van der Waals surface area (Å²) in [6.45, 7) is 10.9. The normalized spacial score (nSPS) is 12.8. The summed E-state index contributed by atoms with van der Waals surface area (Å²) < 4.78 is 0. The number of hydrogen-bond acceptors (Lipinski definition) is 2. The first-order valence-corrected chi connectivity index (χ1v) is 5.16. The van der Waals surface area contributed by atoms with E-state index in [1.807, 2.05) is 6.92 Å². The Labute approximate surface area is 82.7 Å². The molecule has 0 aliphatic heterocycles. The molecule has 2 nitrogen and oxygen atoms in total. The van der Waals surface area contributed by atoms with Crippen LogP contribution in [-0.2, 0) is 0 Å². The van der Waals surface area contributed by atoms with Crippen molar-refractivity contribution < 1.29 is 0 Å². The van der Waals surface area contributed by atoms with Gasteiger partial charge in [-0.2, -0.15) is 0 Å². The van der Waals surface area contributed by atoms with Crippen LogP contribution in [0.25, 0.3) is 0 Å². The summed E-state index contributed by atoms with van der Waals surface area (Å²) in [7, 11) is 0. The predicted molar refractivity (Wildman–Crippen MR) is 58.7 cm³/mol. The first-order chi connectivity index (χ1) is 6.24.